The summed E-state index contributed by atoms with van der Waals surface area (Å²) in [4.78, 5) is 2.16. The summed E-state index contributed by atoms with van der Waals surface area (Å²) in [5.74, 6) is 0.669. The van der Waals surface area contributed by atoms with E-state index in [0.29, 0.717) is 12.5 Å². The SMILES string of the molecule is CCN(CCO)c1ccc(CNCC(C)C)cc1Br. The first-order valence-electron chi connectivity index (χ1n) is 6.93. The fraction of sp³-hybridized carbons (Fsp3) is 0.600. The maximum absolute atomic E-state index is 9.08. The lowest BCUT2D eigenvalue weighted by Gasteiger charge is -2.23. The zero-order valence-electron chi connectivity index (χ0n) is 12.1. The van der Waals surface area contributed by atoms with Gasteiger partial charge in [-0.05, 0) is 53.0 Å². The van der Waals surface area contributed by atoms with Crippen LogP contribution in [0.15, 0.2) is 22.7 Å². The van der Waals surface area contributed by atoms with Crippen LogP contribution in [0.3, 0.4) is 0 Å². The number of aliphatic hydroxyl groups is 1. The van der Waals surface area contributed by atoms with Gasteiger partial charge < -0.3 is 15.3 Å². The molecule has 0 aliphatic rings. The van der Waals surface area contributed by atoms with Crippen LogP contribution in [-0.4, -0.2) is 31.3 Å². The topological polar surface area (TPSA) is 35.5 Å². The van der Waals surface area contributed by atoms with Crippen molar-refractivity contribution in [2.24, 2.45) is 5.92 Å². The molecule has 1 aromatic carbocycles. The standard InChI is InChI=1S/C15H25BrN2O/c1-4-18(7-8-19)15-6-5-13(9-14(15)16)11-17-10-12(2)3/h5-6,9,12,17,19H,4,7-8,10-11H2,1-3H3. The molecule has 108 valence electrons. The highest BCUT2D eigenvalue weighted by atomic mass is 79.9. The Kier molecular flexibility index (Phi) is 7.42. The Bertz CT molecular complexity index is 382. The number of likely N-dealkylation sites (N-methyl/N-ethyl adjacent to an activating group) is 1. The summed E-state index contributed by atoms with van der Waals surface area (Å²) in [6.45, 7) is 10.2. The quantitative estimate of drug-likeness (QED) is 0.770. The van der Waals surface area contributed by atoms with E-state index in [1.807, 2.05) is 0 Å². The summed E-state index contributed by atoms with van der Waals surface area (Å²) >= 11 is 3.63. The number of anilines is 1. The largest absolute Gasteiger partial charge is 0.395 e. The van der Waals surface area contributed by atoms with E-state index in [2.05, 4.69) is 65.1 Å². The molecule has 3 nitrogen and oxygen atoms in total. The summed E-state index contributed by atoms with van der Waals surface area (Å²) in [6, 6.07) is 6.42. The molecule has 0 unspecified atom stereocenters. The molecule has 1 rings (SSSR count). The molecule has 0 radical (unpaired) electrons. The van der Waals surface area contributed by atoms with Gasteiger partial charge in [0.15, 0.2) is 0 Å². The highest BCUT2D eigenvalue weighted by Gasteiger charge is 2.08. The van der Waals surface area contributed by atoms with Crippen molar-refractivity contribution >= 4 is 21.6 Å². The smallest absolute Gasteiger partial charge is 0.0606 e. The van der Waals surface area contributed by atoms with Crippen molar-refractivity contribution in [2.75, 3.05) is 31.1 Å². The van der Waals surface area contributed by atoms with Crippen LogP contribution in [0.5, 0.6) is 0 Å². The van der Waals surface area contributed by atoms with Crippen LogP contribution in [0.2, 0.25) is 0 Å². The number of aliphatic hydroxyl groups excluding tert-OH is 1. The molecule has 19 heavy (non-hydrogen) atoms. The Labute approximate surface area is 125 Å². The summed E-state index contributed by atoms with van der Waals surface area (Å²) in [5, 5.41) is 12.5. The molecule has 0 aliphatic carbocycles. The number of benzene rings is 1. The minimum atomic E-state index is 0.179. The highest BCUT2D eigenvalue weighted by molar-refractivity contribution is 9.10. The fourth-order valence-corrected chi connectivity index (χ4v) is 2.67. The summed E-state index contributed by atoms with van der Waals surface area (Å²) in [7, 11) is 0. The van der Waals surface area contributed by atoms with E-state index in [1.165, 1.54) is 5.56 Å². The molecular weight excluding hydrogens is 304 g/mol. The van der Waals surface area contributed by atoms with Crippen LogP contribution in [0, 0.1) is 5.92 Å². The predicted octanol–water partition coefficient (Wildman–Crippen LogP) is 3.01. The zero-order valence-corrected chi connectivity index (χ0v) is 13.7. The second kappa shape index (κ2) is 8.56. The third-order valence-corrected chi connectivity index (χ3v) is 3.62. The Balaban J connectivity index is 2.68. The minimum absolute atomic E-state index is 0.179. The monoisotopic (exact) mass is 328 g/mol. The van der Waals surface area contributed by atoms with Gasteiger partial charge in [-0.25, -0.2) is 0 Å². The van der Waals surface area contributed by atoms with Crippen molar-refractivity contribution in [2.45, 2.75) is 27.3 Å². The van der Waals surface area contributed by atoms with Crippen LogP contribution >= 0.6 is 15.9 Å². The summed E-state index contributed by atoms with van der Waals surface area (Å²) in [5.41, 5.74) is 2.42. The van der Waals surface area contributed by atoms with Crippen LogP contribution in [0.4, 0.5) is 5.69 Å². The Morgan fingerprint density at radius 2 is 2.11 bits per heavy atom. The molecule has 0 aromatic heterocycles. The van der Waals surface area contributed by atoms with Crippen LogP contribution in [-0.2, 0) is 6.54 Å². The second-order valence-corrected chi connectivity index (χ2v) is 5.97. The summed E-state index contributed by atoms with van der Waals surface area (Å²) in [6.07, 6.45) is 0. The van der Waals surface area contributed by atoms with E-state index >= 15 is 0 Å². The zero-order chi connectivity index (χ0) is 14.3. The molecule has 1 aromatic rings. The maximum Gasteiger partial charge on any atom is 0.0606 e. The number of nitrogens with zero attached hydrogens (tertiary/aromatic N) is 1. The van der Waals surface area contributed by atoms with E-state index in [4.69, 9.17) is 5.11 Å². The molecular formula is C15H25BrN2O. The Morgan fingerprint density at radius 1 is 1.37 bits per heavy atom. The van der Waals surface area contributed by atoms with E-state index < -0.39 is 0 Å². The van der Waals surface area contributed by atoms with Gasteiger partial charge in [0.2, 0.25) is 0 Å². The number of halogens is 1. The average molecular weight is 329 g/mol. The third-order valence-electron chi connectivity index (χ3n) is 2.99. The molecule has 0 atom stereocenters. The molecule has 4 heteroatoms. The molecule has 0 heterocycles. The van der Waals surface area contributed by atoms with Gasteiger partial charge in [-0.1, -0.05) is 19.9 Å². The normalized spacial score (nSPS) is 11.1. The predicted molar refractivity (Wildman–Crippen MR) is 85.7 cm³/mol. The van der Waals surface area contributed by atoms with Crippen molar-refractivity contribution in [3.05, 3.63) is 28.2 Å². The van der Waals surface area contributed by atoms with Gasteiger partial charge in [0, 0.05) is 24.1 Å². The molecule has 0 amide bonds. The van der Waals surface area contributed by atoms with Crippen molar-refractivity contribution in [3.8, 4) is 0 Å². The van der Waals surface area contributed by atoms with E-state index in [9.17, 15) is 0 Å². The van der Waals surface area contributed by atoms with Gasteiger partial charge in [0.1, 0.15) is 0 Å². The van der Waals surface area contributed by atoms with Crippen molar-refractivity contribution in [1.29, 1.82) is 0 Å². The van der Waals surface area contributed by atoms with Crippen molar-refractivity contribution in [3.63, 3.8) is 0 Å². The number of hydrogen-bond acceptors (Lipinski definition) is 3. The first kappa shape index (κ1) is 16.5. The van der Waals surface area contributed by atoms with Crippen LogP contribution < -0.4 is 10.2 Å². The molecule has 2 N–H and O–H groups in total. The molecule has 0 saturated carbocycles. The van der Waals surface area contributed by atoms with Crippen molar-refractivity contribution < 1.29 is 5.11 Å². The number of nitrogens with one attached hydrogen (secondary N) is 1. The van der Waals surface area contributed by atoms with E-state index in [-0.39, 0.29) is 6.61 Å². The first-order valence-corrected chi connectivity index (χ1v) is 7.72. The van der Waals surface area contributed by atoms with Gasteiger partial charge in [-0.2, -0.15) is 0 Å². The van der Waals surface area contributed by atoms with Gasteiger partial charge in [-0.15, -0.1) is 0 Å². The second-order valence-electron chi connectivity index (χ2n) is 5.11. The molecule has 0 bridgehead atoms. The molecule has 0 aliphatic heterocycles. The van der Waals surface area contributed by atoms with Gasteiger partial charge in [-0.3, -0.25) is 0 Å². The number of rotatable bonds is 8. The Morgan fingerprint density at radius 3 is 2.63 bits per heavy atom. The summed E-state index contributed by atoms with van der Waals surface area (Å²) < 4.78 is 1.09. The van der Waals surface area contributed by atoms with Gasteiger partial charge in [0.05, 0.1) is 12.3 Å². The van der Waals surface area contributed by atoms with Crippen LogP contribution in [0.25, 0.3) is 0 Å². The molecule has 0 saturated heterocycles. The molecule has 0 fully saturated rings. The lowest BCUT2D eigenvalue weighted by molar-refractivity contribution is 0.302. The first-order chi connectivity index (χ1) is 9.08. The minimum Gasteiger partial charge on any atom is -0.395 e. The van der Waals surface area contributed by atoms with E-state index in [0.717, 1.165) is 29.8 Å². The van der Waals surface area contributed by atoms with Gasteiger partial charge in [0.25, 0.3) is 0 Å². The molecule has 0 spiro atoms. The fourth-order valence-electron chi connectivity index (χ4n) is 1.99. The van der Waals surface area contributed by atoms with Gasteiger partial charge >= 0.3 is 0 Å². The average Bonchev–Trinajstić information content (AvgIpc) is 2.36. The van der Waals surface area contributed by atoms with Crippen LogP contribution in [0.1, 0.15) is 26.3 Å². The highest BCUT2D eigenvalue weighted by Crippen LogP contribution is 2.27. The van der Waals surface area contributed by atoms with E-state index in [1.54, 1.807) is 0 Å². The lowest BCUT2D eigenvalue weighted by atomic mass is 10.1. The Hall–Kier alpha value is -0.580. The van der Waals surface area contributed by atoms with Crippen molar-refractivity contribution in [1.82, 2.24) is 5.32 Å². The maximum atomic E-state index is 9.08. The number of hydrogen-bond donors (Lipinski definition) is 2. The lowest BCUT2D eigenvalue weighted by Crippen LogP contribution is -2.26. The third kappa shape index (κ3) is 5.51.